The van der Waals surface area contributed by atoms with E-state index in [1.54, 1.807) is 0 Å². The van der Waals surface area contributed by atoms with Gasteiger partial charge in [-0.25, -0.2) is 0 Å². The van der Waals surface area contributed by atoms with Gasteiger partial charge in [-0.05, 0) is 123 Å². The molecule has 1 aliphatic carbocycles. The predicted molar refractivity (Wildman–Crippen MR) is 197 cm³/mol. The number of rotatable bonds is 3. The Morgan fingerprint density at radius 2 is 0.783 bits per heavy atom. The fourth-order valence-corrected chi connectivity index (χ4v) is 7.72. The minimum Gasteiger partial charge on any atom is -0.0616 e. The Balaban J connectivity index is 1.08. The van der Waals surface area contributed by atoms with Gasteiger partial charge in [-0.1, -0.05) is 146 Å². The van der Waals surface area contributed by atoms with Gasteiger partial charge >= 0.3 is 0 Å². The summed E-state index contributed by atoms with van der Waals surface area (Å²) in [6.45, 7) is 0. The smallest absolute Gasteiger partial charge is 0.00199 e. The van der Waals surface area contributed by atoms with Gasteiger partial charge in [-0.3, -0.25) is 0 Å². The molecule has 0 unspecified atom stereocenters. The van der Waals surface area contributed by atoms with E-state index >= 15 is 0 Å². The van der Waals surface area contributed by atoms with Crippen molar-refractivity contribution in [1.82, 2.24) is 0 Å². The third kappa shape index (κ3) is 3.81. The van der Waals surface area contributed by atoms with Crippen molar-refractivity contribution in [2.24, 2.45) is 0 Å². The zero-order valence-corrected chi connectivity index (χ0v) is 25.2. The summed E-state index contributed by atoms with van der Waals surface area (Å²) in [6, 6.07) is 62.8. The quantitative estimate of drug-likeness (QED) is 0.195. The summed E-state index contributed by atoms with van der Waals surface area (Å²) in [4.78, 5) is 0. The first kappa shape index (κ1) is 25.4. The molecule has 0 radical (unpaired) electrons. The van der Waals surface area contributed by atoms with Crippen LogP contribution in [0.4, 0.5) is 0 Å². The summed E-state index contributed by atoms with van der Waals surface area (Å²) in [5.41, 5.74) is 12.9. The first-order valence-electron chi connectivity index (χ1n) is 16.0. The van der Waals surface area contributed by atoms with Crippen molar-refractivity contribution in [2.75, 3.05) is 0 Å². The molecule has 0 saturated carbocycles. The Kier molecular flexibility index (Phi) is 5.38. The molecule has 0 heterocycles. The summed E-state index contributed by atoms with van der Waals surface area (Å²) in [6.07, 6.45) is 0. The average molecular weight is 581 g/mol. The van der Waals surface area contributed by atoms with Crippen molar-refractivity contribution >= 4 is 43.1 Å². The van der Waals surface area contributed by atoms with Gasteiger partial charge in [0.05, 0.1) is 0 Å². The van der Waals surface area contributed by atoms with Crippen LogP contribution in [0, 0.1) is 0 Å². The van der Waals surface area contributed by atoms with Gasteiger partial charge in [0.1, 0.15) is 0 Å². The third-order valence-corrected chi connectivity index (χ3v) is 9.96. The van der Waals surface area contributed by atoms with Gasteiger partial charge in [0.15, 0.2) is 0 Å². The molecular formula is C46H28. The summed E-state index contributed by atoms with van der Waals surface area (Å²) in [7, 11) is 0. The lowest BCUT2D eigenvalue weighted by Crippen LogP contribution is -1.86. The van der Waals surface area contributed by atoms with E-state index in [4.69, 9.17) is 0 Å². The van der Waals surface area contributed by atoms with Crippen LogP contribution in [-0.2, 0) is 0 Å². The third-order valence-electron chi connectivity index (χ3n) is 9.96. The second-order valence-corrected chi connectivity index (χ2v) is 12.5. The standard InChI is InChI=1S/C46H28/c1-2-9-32-25-35(18-15-29(32)7-1)33-10-5-11-34(26-33)36-19-16-30-17-20-37(28-38(30)27-36)39-23-24-44-45-40-12-4-3-8-31(40)21-22-43(45)42-14-6-13-41(39)46(42)44/h1-28H. The molecule has 10 rings (SSSR count). The molecule has 0 N–H and O–H groups in total. The second kappa shape index (κ2) is 9.76. The Morgan fingerprint density at radius 3 is 1.61 bits per heavy atom. The highest BCUT2D eigenvalue weighted by Crippen LogP contribution is 2.51. The molecule has 0 amide bonds. The molecular weight excluding hydrogens is 553 g/mol. The molecule has 9 aromatic rings. The zero-order valence-electron chi connectivity index (χ0n) is 25.2. The molecule has 0 heteroatoms. The van der Waals surface area contributed by atoms with Crippen LogP contribution in [0.3, 0.4) is 0 Å². The molecule has 0 saturated heterocycles. The van der Waals surface area contributed by atoms with Crippen LogP contribution in [0.2, 0.25) is 0 Å². The van der Waals surface area contributed by atoms with Gasteiger partial charge in [0.2, 0.25) is 0 Å². The SMILES string of the molecule is c1cc(-c2ccc3ccccc3c2)cc(-c2ccc3ccc(-c4ccc5c6c(cccc46)-c4ccc6ccccc6c4-5)cc3c2)c1. The summed E-state index contributed by atoms with van der Waals surface area (Å²) >= 11 is 0. The van der Waals surface area contributed by atoms with Crippen LogP contribution in [0.1, 0.15) is 0 Å². The maximum Gasteiger partial charge on any atom is -0.00199 e. The topological polar surface area (TPSA) is 0 Å². The molecule has 0 fully saturated rings. The molecule has 1 aliphatic rings. The lowest BCUT2D eigenvalue weighted by molar-refractivity contribution is 1.61. The van der Waals surface area contributed by atoms with E-state index in [-0.39, 0.29) is 0 Å². The van der Waals surface area contributed by atoms with Crippen LogP contribution in [0.5, 0.6) is 0 Å². The van der Waals surface area contributed by atoms with Crippen molar-refractivity contribution in [3.8, 4) is 55.6 Å². The minimum atomic E-state index is 1.23. The molecule has 0 bridgehead atoms. The molecule has 0 atom stereocenters. The molecule has 46 heavy (non-hydrogen) atoms. The van der Waals surface area contributed by atoms with Crippen molar-refractivity contribution in [1.29, 1.82) is 0 Å². The van der Waals surface area contributed by atoms with E-state index in [1.165, 1.54) is 98.7 Å². The van der Waals surface area contributed by atoms with E-state index in [9.17, 15) is 0 Å². The lowest BCUT2D eigenvalue weighted by Gasteiger charge is -2.12. The van der Waals surface area contributed by atoms with Gasteiger partial charge in [-0.2, -0.15) is 0 Å². The fourth-order valence-electron chi connectivity index (χ4n) is 7.72. The Labute approximate surface area is 267 Å². The highest BCUT2D eigenvalue weighted by atomic mass is 14.3. The molecule has 9 aromatic carbocycles. The lowest BCUT2D eigenvalue weighted by atomic mass is 9.92. The first-order chi connectivity index (χ1) is 22.8. The zero-order chi connectivity index (χ0) is 30.2. The van der Waals surface area contributed by atoms with E-state index < -0.39 is 0 Å². The van der Waals surface area contributed by atoms with E-state index in [0.29, 0.717) is 0 Å². The molecule has 0 aliphatic heterocycles. The molecule has 212 valence electrons. The maximum absolute atomic E-state index is 2.37. The Bertz CT molecular complexity index is 2690. The van der Waals surface area contributed by atoms with Crippen molar-refractivity contribution in [2.45, 2.75) is 0 Å². The Morgan fingerprint density at radius 1 is 0.239 bits per heavy atom. The van der Waals surface area contributed by atoms with Gasteiger partial charge in [-0.15, -0.1) is 0 Å². The van der Waals surface area contributed by atoms with Crippen LogP contribution in [-0.4, -0.2) is 0 Å². The number of hydrogen-bond donors (Lipinski definition) is 0. The first-order valence-corrected chi connectivity index (χ1v) is 16.0. The second-order valence-electron chi connectivity index (χ2n) is 12.5. The van der Waals surface area contributed by atoms with Crippen LogP contribution in [0.25, 0.3) is 98.7 Å². The average Bonchev–Trinajstić information content (AvgIpc) is 3.46. The van der Waals surface area contributed by atoms with Crippen LogP contribution < -0.4 is 0 Å². The van der Waals surface area contributed by atoms with Crippen LogP contribution in [0.15, 0.2) is 170 Å². The normalized spacial score (nSPS) is 11.9. The molecule has 0 aromatic heterocycles. The molecule has 0 spiro atoms. The van der Waals surface area contributed by atoms with Crippen molar-refractivity contribution in [3.05, 3.63) is 170 Å². The summed E-state index contributed by atoms with van der Waals surface area (Å²) < 4.78 is 0. The van der Waals surface area contributed by atoms with Crippen molar-refractivity contribution < 1.29 is 0 Å². The number of benzene rings is 9. The highest BCUT2D eigenvalue weighted by molar-refractivity contribution is 6.23. The monoisotopic (exact) mass is 580 g/mol. The van der Waals surface area contributed by atoms with E-state index in [1.807, 2.05) is 0 Å². The maximum atomic E-state index is 2.37. The van der Waals surface area contributed by atoms with Crippen molar-refractivity contribution in [3.63, 3.8) is 0 Å². The number of fused-ring (bicyclic) bond motifs is 7. The predicted octanol–water partition coefficient (Wildman–Crippen LogP) is 12.9. The van der Waals surface area contributed by atoms with Gasteiger partial charge < -0.3 is 0 Å². The van der Waals surface area contributed by atoms with Gasteiger partial charge in [0, 0.05) is 0 Å². The highest BCUT2D eigenvalue weighted by Gasteiger charge is 2.24. The molecule has 0 nitrogen and oxygen atoms in total. The fraction of sp³-hybridized carbons (Fsp3) is 0. The Hall–Kier alpha value is -5.98. The van der Waals surface area contributed by atoms with E-state index in [2.05, 4.69) is 170 Å². The van der Waals surface area contributed by atoms with Crippen LogP contribution >= 0.6 is 0 Å². The number of hydrogen-bond acceptors (Lipinski definition) is 0. The summed E-state index contributed by atoms with van der Waals surface area (Å²) in [5.74, 6) is 0. The van der Waals surface area contributed by atoms with Gasteiger partial charge in [0.25, 0.3) is 0 Å². The summed E-state index contributed by atoms with van der Waals surface area (Å²) in [5, 5.41) is 10.3. The largest absolute Gasteiger partial charge is 0.0616 e. The van der Waals surface area contributed by atoms with E-state index in [0.717, 1.165) is 0 Å². The minimum absolute atomic E-state index is 1.23.